The summed E-state index contributed by atoms with van der Waals surface area (Å²) in [6, 6.07) is 12.2. The average molecular weight is 315 g/mol. The van der Waals surface area contributed by atoms with Gasteiger partial charge in [-0.15, -0.1) is 0 Å². The van der Waals surface area contributed by atoms with Gasteiger partial charge in [-0.1, -0.05) is 36.7 Å². The third-order valence-electron chi connectivity index (χ3n) is 3.62. The highest BCUT2D eigenvalue weighted by Crippen LogP contribution is 2.19. The molecule has 0 amide bonds. The summed E-state index contributed by atoms with van der Waals surface area (Å²) in [6.45, 7) is 4.08. The number of alkyl halides is 1. The second-order valence-electron chi connectivity index (χ2n) is 5.41. The molecule has 0 saturated heterocycles. The van der Waals surface area contributed by atoms with Crippen molar-refractivity contribution in [2.45, 2.75) is 32.3 Å². The van der Waals surface area contributed by atoms with Crippen LogP contribution in [0, 0.1) is 6.92 Å². The van der Waals surface area contributed by atoms with Gasteiger partial charge < -0.3 is 9.14 Å². The average Bonchev–Trinajstić information content (AvgIpc) is 2.93. The molecule has 0 radical (unpaired) electrons. The molecule has 0 fully saturated rings. The fourth-order valence-corrected chi connectivity index (χ4v) is 2.52. The lowest BCUT2D eigenvalue weighted by Crippen LogP contribution is -2.06. The topological polar surface area (TPSA) is 26.5 Å². The van der Waals surface area contributed by atoms with Gasteiger partial charge in [-0.2, -0.15) is 0 Å². The molecule has 3 nitrogen and oxygen atoms in total. The highest BCUT2D eigenvalue weighted by atomic mass is 35.5. The number of imidazole rings is 1. The van der Waals surface area contributed by atoms with Crippen molar-refractivity contribution in [1.82, 2.24) is 9.38 Å². The number of benzene rings is 1. The van der Waals surface area contributed by atoms with Crippen LogP contribution in [0.5, 0.6) is 5.75 Å². The zero-order chi connectivity index (χ0) is 15.5. The number of pyridine rings is 1. The molecule has 4 heteroatoms. The predicted molar refractivity (Wildman–Crippen MR) is 89.7 cm³/mol. The Hall–Kier alpha value is -2.00. The molecule has 3 rings (SSSR count). The molecular weight excluding hydrogens is 296 g/mol. The van der Waals surface area contributed by atoms with E-state index in [1.165, 1.54) is 11.1 Å². The molecule has 114 valence electrons. The Morgan fingerprint density at radius 3 is 2.68 bits per heavy atom. The van der Waals surface area contributed by atoms with Crippen LogP contribution in [-0.2, 0) is 6.42 Å². The van der Waals surface area contributed by atoms with Crippen LogP contribution < -0.4 is 4.74 Å². The summed E-state index contributed by atoms with van der Waals surface area (Å²) in [5.74, 6) is 0.802. The van der Waals surface area contributed by atoms with Crippen molar-refractivity contribution >= 4 is 17.2 Å². The number of hydrogen-bond acceptors (Lipinski definition) is 2. The molecule has 1 aromatic carbocycles. The highest BCUT2D eigenvalue weighted by molar-refractivity contribution is 6.19. The fraction of sp³-hybridized carbons (Fsp3) is 0.278. The molecule has 0 N–H and O–H groups in total. The Labute approximate surface area is 135 Å². The zero-order valence-electron chi connectivity index (χ0n) is 12.8. The Bertz CT molecular complexity index is 764. The number of rotatable bonds is 5. The number of halogens is 1. The first kappa shape index (κ1) is 14.9. The van der Waals surface area contributed by atoms with Crippen LogP contribution in [0.25, 0.3) is 5.65 Å². The number of aryl methyl sites for hydroxylation is 1. The van der Waals surface area contributed by atoms with Gasteiger partial charge in [0.15, 0.2) is 5.56 Å². The number of hydrogen-bond donors (Lipinski definition) is 0. The van der Waals surface area contributed by atoms with E-state index in [1.54, 1.807) is 0 Å². The quantitative estimate of drug-likeness (QED) is 0.644. The van der Waals surface area contributed by atoms with Gasteiger partial charge in [-0.3, -0.25) is 0 Å². The van der Waals surface area contributed by atoms with Gasteiger partial charge in [0.2, 0.25) is 0 Å². The van der Waals surface area contributed by atoms with E-state index in [2.05, 4.69) is 35.7 Å². The van der Waals surface area contributed by atoms with E-state index in [0.29, 0.717) is 0 Å². The maximum absolute atomic E-state index is 5.99. The van der Waals surface area contributed by atoms with E-state index in [1.807, 2.05) is 31.3 Å². The standard InChI is InChI=1S/C18H19ClN2O/c1-3-17(19)22-16-8-6-14(7-9-16)11-15-12-21-10-4-5-13(2)18(21)20-15/h4-10,12,17H,3,11H2,1-2H3. The SMILES string of the molecule is CCC(Cl)Oc1ccc(Cc2cn3cccc(C)c3n2)cc1. The third-order valence-corrected chi connectivity index (χ3v) is 4.02. The zero-order valence-corrected chi connectivity index (χ0v) is 13.5. The van der Waals surface area contributed by atoms with E-state index in [4.69, 9.17) is 21.3 Å². The van der Waals surface area contributed by atoms with E-state index >= 15 is 0 Å². The largest absolute Gasteiger partial charge is 0.475 e. The van der Waals surface area contributed by atoms with Crippen molar-refractivity contribution in [3.05, 3.63) is 65.6 Å². The van der Waals surface area contributed by atoms with Gasteiger partial charge in [-0.05, 0) is 42.7 Å². The maximum Gasteiger partial charge on any atom is 0.171 e. The van der Waals surface area contributed by atoms with Crippen LogP contribution in [-0.4, -0.2) is 14.9 Å². The first-order valence-corrected chi connectivity index (χ1v) is 7.92. The number of fused-ring (bicyclic) bond motifs is 1. The van der Waals surface area contributed by atoms with Gasteiger partial charge in [-0.25, -0.2) is 4.98 Å². The first-order valence-electron chi connectivity index (χ1n) is 7.48. The van der Waals surface area contributed by atoms with Crippen molar-refractivity contribution < 1.29 is 4.74 Å². The molecule has 0 aliphatic carbocycles. The van der Waals surface area contributed by atoms with Crippen molar-refractivity contribution in [1.29, 1.82) is 0 Å². The van der Waals surface area contributed by atoms with Gasteiger partial charge in [0.05, 0.1) is 5.69 Å². The van der Waals surface area contributed by atoms with Crippen molar-refractivity contribution in [2.75, 3.05) is 0 Å². The Morgan fingerprint density at radius 2 is 2.00 bits per heavy atom. The summed E-state index contributed by atoms with van der Waals surface area (Å²) in [7, 11) is 0. The molecule has 0 spiro atoms. The summed E-state index contributed by atoms with van der Waals surface area (Å²) in [5, 5.41) is 0. The van der Waals surface area contributed by atoms with Crippen molar-refractivity contribution in [3.63, 3.8) is 0 Å². The van der Waals surface area contributed by atoms with E-state index in [9.17, 15) is 0 Å². The number of aromatic nitrogens is 2. The minimum absolute atomic E-state index is 0.271. The molecule has 2 heterocycles. The Balaban J connectivity index is 1.75. The molecular formula is C18H19ClN2O. The molecule has 22 heavy (non-hydrogen) atoms. The maximum atomic E-state index is 5.99. The molecule has 0 bridgehead atoms. The molecule has 3 aromatic rings. The second kappa shape index (κ2) is 6.41. The van der Waals surface area contributed by atoms with E-state index in [-0.39, 0.29) is 5.56 Å². The summed E-state index contributed by atoms with van der Waals surface area (Å²) in [5.41, 5.74) is 4.20. The molecule has 1 unspecified atom stereocenters. The van der Waals surface area contributed by atoms with E-state index in [0.717, 1.165) is 29.9 Å². The lowest BCUT2D eigenvalue weighted by Gasteiger charge is -2.10. The number of ether oxygens (including phenoxy) is 1. The second-order valence-corrected chi connectivity index (χ2v) is 5.90. The normalized spacial score (nSPS) is 12.5. The van der Waals surface area contributed by atoms with Gasteiger partial charge >= 0.3 is 0 Å². The lowest BCUT2D eigenvalue weighted by atomic mass is 10.1. The summed E-state index contributed by atoms with van der Waals surface area (Å²) in [6.07, 6.45) is 5.70. The molecule has 1 atom stereocenters. The summed E-state index contributed by atoms with van der Waals surface area (Å²) in [4.78, 5) is 4.70. The van der Waals surface area contributed by atoms with E-state index < -0.39 is 0 Å². The molecule has 0 aliphatic heterocycles. The van der Waals surface area contributed by atoms with Crippen molar-refractivity contribution in [3.8, 4) is 5.75 Å². The van der Waals surface area contributed by atoms with Crippen LogP contribution in [0.2, 0.25) is 0 Å². The fourth-order valence-electron chi connectivity index (χ4n) is 2.42. The predicted octanol–water partition coefficient (Wildman–Crippen LogP) is 4.59. The highest BCUT2D eigenvalue weighted by Gasteiger charge is 2.06. The summed E-state index contributed by atoms with van der Waals surface area (Å²) < 4.78 is 7.65. The van der Waals surface area contributed by atoms with Crippen LogP contribution in [0.4, 0.5) is 0 Å². The Morgan fingerprint density at radius 1 is 1.23 bits per heavy atom. The molecule has 2 aromatic heterocycles. The van der Waals surface area contributed by atoms with Crippen LogP contribution in [0.15, 0.2) is 48.8 Å². The van der Waals surface area contributed by atoms with Crippen LogP contribution in [0.3, 0.4) is 0 Å². The number of nitrogens with zero attached hydrogens (tertiary/aromatic N) is 2. The van der Waals surface area contributed by atoms with Gasteiger partial charge in [0, 0.05) is 18.8 Å². The minimum atomic E-state index is -0.271. The van der Waals surface area contributed by atoms with Crippen LogP contribution >= 0.6 is 11.6 Å². The lowest BCUT2D eigenvalue weighted by molar-refractivity contribution is 0.277. The molecule has 0 saturated carbocycles. The monoisotopic (exact) mass is 314 g/mol. The van der Waals surface area contributed by atoms with Crippen molar-refractivity contribution in [2.24, 2.45) is 0 Å². The third kappa shape index (κ3) is 3.25. The van der Waals surface area contributed by atoms with Gasteiger partial charge in [0.1, 0.15) is 11.4 Å². The smallest absolute Gasteiger partial charge is 0.171 e. The van der Waals surface area contributed by atoms with Crippen LogP contribution in [0.1, 0.15) is 30.2 Å². The Kier molecular flexibility index (Phi) is 4.34. The van der Waals surface area contributed by atoms with Gasteiger partial charge in [0.25, 0.3) is 0 Å². The first-order chi connectivity index (χ1) is 10.7. The minimum Gasteiger partial charge on any atom is -0.475 e. The molecule has 0 aliphatic rings. The summed E-state index contributed by atoms with van der Waals surface area (Å²) >= 11 is 5.99.